The second-order valence-electron chi connectivity index (χ2n) is 4.50. The number of nitrogens with one attached hydrogen (secondary N) is 2. The Bertz CT molecular complexity index is 561. The van der Waals surface area contributed by atoms with Gasteiger partial charge < -0.3 is 10.6 Å². The van der Waals surface area contributed by atoms with Gasteiger partial charge in [-0.15, -0.1) is 0 Å². The molecule has 0 saturated heterocycles. The first-order valence-corrected chi connectivity index (χ1v) is 6.57. The molecule has 0 bridgehead atoms. The molecule has 0 radical (unpaired) electrons. The Balaban J connectivity index is 1.92. The number of carbonyl (C=O) groups is 1. The highest BCUT2D eigenvalue weighted by Gasteiger charge is 2.03. The van der Waals surface area contributed by atoms with E-state index >= 15 is 0 Å². The normalized spacial score (nSPS) is 10.5. The smallest absolute Gasteiger partial charge is 0.221 e. The number of rotatable bonds is 6. The Labute approximate surface area is 118 Å². The highest BCUT2D eigenvalue weighted by molar-refractivity contribution is 5.76. The molecule has 6 heteroatoms. The number of amides is 1. The van der Waals surface area contributed by atoms with Crippen LogP contribution in [0, 0.1) is 6.92 Å². The van der Waals surface area contributed by atoms with Gasteiger partial charge in [0.05, 0.1) is 0 Å². The van der Waals surface area contributed by atoms with Gasteiger partial charge in [-0.25, -0.2) is 9.97 Å². The first-order chi connectivity index (χ1) is 9.70. The van der Waals surface area contributed by atoms with Crippen molar-refractivity contribution < 1.29 is 4.79 Å². The van der Waals surface area contributed by atoms with E-state index in [9.17, 15) is 4.79 Å². The lowest BCUT2D eigenvalue weighted by atomic mass is 10.2. The predicted molar refractivity (Wildman–Crippen MR) is 76.5 cm³/mol. The summed E-state index contributed by atoms with van der Waals surface area (Å²) < 4.78 is 1.91. The quantitative estimate of drug-likeness (QED) is 0.816. The molecule has 0 fully saturated rings. The lowest BCUT2D eigenvalue weighted by Gasteiger charge is -2.07. The molecule has 2 heterocycles. The van der Waals surface area contributed by atoms with E-state index in [-0.39, 0.29) is 5.91 Å². The molecule has 106 valence electrons. The molecule has 0 aliphatic carbocycles. The third kappa shape index (κ3) is 3.64. The molecule has 20 heavy (non-hydrogen) atoms. The summed E-state index contributed by atoms with van der Waals surface area (Å²) in [5, 5.41) is 5.80. The van der Waals surface area contributed by atoms with Gasteiger partial charge in [-0.1, -0.05) is 6.07 Å². The summed E-state index contributed by atoms with van der Waals surface area (Å²) >= 11 is 0. The summed E-state index contributed by atoms with van der Waals surface area (Å²) in [6, 6.07) is 3.88. The van der Waals surface area contributed by atoms with Crippen molar-refractivity contribution in [2.24, 2.45) is 0 Å². The van der Waals surface area contributed by atoms with E-state index in [1.54, 1.807) is 12.4 Å². The number of carbonyl (C=O) groups excluding carboxylic acids is 1. The zero-order valence-electron chi connectivity index (χ0n) is 11.8. The zero-order chi connectivity index (χ0) is 14.4. The highest BCUT2D eigenvalue weighted by Crippen LogP contribution is 2.08. The van der Waals surface area contributed by atoms with Gasteiger partial charge in [0.15, 0.2) is 0 Å². The number of aryl methyl sites for hydroxylation is 1. The molecule has 2 N–H and O–H groups in total. The van der Waals surface area contributed by atoms with Crippen molar-refractivity contribution in [1.82, 2.24) is 25.2 Å². The minimum absolute atomic E-state index is 0.0360. The zero-order valence-corrected chi connectivity index (χ0v) is 11.8. The fraction of sp³-hybridized carbons (Fsp3) is 0.357. The van der Waals surface area contributed by atoms with Gasteiger partial charge in [0.25, 0.3) is 0 Å². The van der Waals surface area contributed by atoms with Crippen LogP contribution in [-0.2, 0) is 11.3 Å². The van der Waals surface area contributed by atoms with Gasteiger partial charge in [0, 0.05) is 38.1 Å². The molecule has 0 aromatic carbocycles. The third-order valence-electron chi connectivity index (χ3n) is 2.97. The Morgan fingerprint density at radius 2 is 2.20 bits per heavy atom. The van der Waals surface area contributed by atoms with Crippen molar-refractivity contribution in [3.05, 3.63) is 42.1 Å². The van der Waals surface area contributed by atoms with Crippen LogP contribution in [0.15, 0.2) is 30.7 Å². The molecule has 2 aromatic rings. The molecule has 0 atom stereocenters. The summed E-state index contributed by atoms with van der Waals surface area (Å²) in [5.74, 6) is 1.75. The van der Waals surface area contributed by atoms with Crippen molar-refractivity contribution >= 4 is 5.91 Å². The number of hydrogen-bond donors (Lipinski definition) is 2. The molecule has 0 saturated carbocycles. The average molecular weight is 273 g/mol. The average Bonchev–Trinajstić information content (AvgIpc) is 2.89. The standard InChI is InChI=1S/C14H19N5O/c1-11-16-7-8-19(11)13-4-3-12(9-17-13)10-18-14(20)5-6-15-2/h3-4,7-9,15H,5-6,10H2,1-2H3,(H,18,20). The summed E-state index contributed by atoms with van der Waals surface area (Å²) in [6.45, 7) is 3.11. The van der Waals surface area contributed by atoms with Crippen LogP contribution in [0.3, 0.4) is 0 Å². The maximum Gasteiger partial charge on any atom is 0.221 e. The maximum absolute atomic E-state index is 11.5. The van der Waals surface area contributed by atoms with E-state index in [2.05, 4.69) is 20.6 Å². The van der Waals surface area contributed by atoms with Crippen LogP contribution in [0.4, 0.5) is 0 Å². The highest BCUT2D eigenvalue weighted by atomic mass is 16.1. The Morgan fingerprint density at radius 1 is 1.35 bits per heavy atom. The number of aromatic nitrogens is 3. The maximum atomic E-state index is 11.5. The summed E-state index contributed by atoms with van der Waals surface area (Å²) in [7, 11) is 1.83. The van der Waals surface area contributed by atoms with Crippen molar-refractivity contribution in [3.63, 3.8) is 0 Å². The molecule has 0 unspecified atom stereocenters. The van der Waals surface area contributed by atoms with Crippen molar-refractivity contribution in [1.29, 1.82) is 0 Å². The SMILES string of the molecule is CNCCC(=O)NCc1ccc(-n2ccnc2C)nc1. The second-order valence-corrected chi connectivity index (χ2v) is 4.50. The second kappa shape index (κ2) is 6.81. The van der Waals surface area contributed by atoms with Crippen LogP contribution < -0.4 is 10.6 Å². The Kier molecular flexibility index (Phi) is 4.84. The van der Waals surface area contributed by atoms with E-state index in [1.807, 2.05) is 36.9 Å². The minimum Gasteiger partial charge on any atom is -0.352 e. The molecule has 0 spiro atoms. The van der Waals surface area contributed by atoms with Crippen LogP contribution in [0.2, 0.25) is 0 Å². The lowest BCUT2D eigenvalue weighted by molar-refractivity contribution is -0.121. The van der Waals surface area contributed by atoms with E-state index in [0.717, 1.165) is 17.2 Å². The van der Waals surface area contributed by atoms with Crippen LogP contribution in [0.5, 0.6) is 0 Å². The van der Waals surface area contributed by atoms with E-state index in [0.29, 0.717) is 19.5 Å². The first kappa shape index (κ1) is 14.2. The predicted octanol–water partition coefficient (Wildman–Crippen LogP) is 0.801. The third-order valence-corrected chi connectivity index (χ3v) is 2.97. The van der Waals surface area contributed by atoms with Crippen LogP contribution in [-0.4, -0.2) is 34.0 Å². The monoisotopic (exact) mass is 273 g/mol. The van der Waals surface area contributed by atoms with Crippen LogP contribution in [0.25, 0.3) is 5.82 Å². The summed E-state index contributed by atoms with van der Waals surface area (Å²) in [5.41, 5.74) is 0.976. The van der Waals surface area contributed by atoms with Crippen LogP contribution in [0.1, 0.15) is 17.8 Å². The fourth-order valence-electron chi connectivity index (χ4n) is 1.81. The molecular weight excluding hydrogens is 254 g/mol. The molecule has 1 amide bonds. The van der Waals surface area contributed by atoms with Crippen LogP contribution >= 0.6 is 0 Å². The fourth-order valence-corrected chi connectivity index (χ4v) is 1.81. The van der Waals surface area contributed by atoms with Gasteiger partial charge in [0.1, 0.15) is 11.6 Å². The number of nitrogens with zero attached hydrogens (tertiary/aromatic N) is 3. The molecule has 0 aliphatic heterocycles. The molecule has 2 aromatic heterocycles. The van der Waals surface area contributed by atoms with Gasteiger partial charge in [-0.05, 0) is 25.6 Å². The van der Waals surface area contributed by atoms with Gasteiger partial charge >= 0.3 is 0 Å². The lowest BCUT2D eigenvalue weighted by Crippen LogP contribution is -2.26. The van der Waals surface area contributed by atoms with Crippen molar-refractivity contribution in [3.8, 4) is 5.82 Å². The molecule has 2 rings (SSSR count). The number of hydrogen-bond acceptors (Lipinski definition) is 4. The molecule has 0 aliphatic rings. The topological polar surface area (TPSA) is 71.8 Å². The van der Waals surface area contributed by atoms with E-state index in [4.69, 9.17) is 0 Å². The Hall–Kier alpha value is -2.21. The number of pyridine rings is 1. The largest absolute Gasteiger partial charge is 0.352 e. The van der Waals surface area contributed by atoms with Gasteiger partial charge in [-0.2, -0.15) is 0 Å². The number of imidazole rings is 1. The minimum atomic E-state index is 0.0360. The first-order valence-electron chi connectivity index (χ1n) is 6.57. The Morgan fingerprint density at radius 3 is 2.80 bits per heavy atom. The van der Waals surface area contributed by atoms with Crippen molar-refractivity contribution in [2.75, 3.05) is 13.6 Å². The van der Waals surface area contributed by atoms with Crippen molar-refractivity contribution in [2.45, 2.75) is 19.9 Å². The molecular formula is C14H19N5O. The van der Waals surface area contributed by atoms with Gasteiger partial charge in [-0.3, -0.25) is 9.36 Å². The van der Waals surface area contributed by atoms with E-state index in [1.165, 1.54) is 0 Å². The molecule has 6 nitrogen and oxygen atoms in total. The van der Waals surface area contributed by atoms with E-state index < -0.39 is 0 Å². The summed E-state index contributed by atoms with van der Waals surface area (Å²) in [4.78, 5) is 20.0. The van der Waals surface area contributed by atoms with Gasteiger partial charge in [0.2, 0.25) is 5.91 Å². The summed E-state index contributed by atoms with van der Waals surface area (Å²) in [6.07, 6.45) is 5.87.